The average molecular weight is 595 g/mol. The van der Waals surface area contributed by atoms with Crippen molar-refractivity contribution < 1.29 is 19.1 Å². The lowest BCUT2D eigenvalue weighted by atomic mass is 9.87. The van der Waals surface area contributed by atoms with Crippen molar-refractivity contribution in [3.8, 4) is 5.75 Å². The van der Waals surface area contributed by atoms with Gasteiger partial charge in [0.1, 0.15) is 5.75 Å². The Morgan fingerprint density at radius 3 is 1.86 bits per heavy atom. The van der Waals surface area contributed by atoms with Crippen LogP contribution >= 0.6 is 12.2 Å². The maximum Gasteiger partial charge on any atom is 0.269 e. The van der Waals surface area contributed by atoms with Crippen molar-refractivity contribution in [2.45, 2.75) is 32.6 Å². The molecule has 0 spiro atoms. The summed E-state index contributed by atoms with van der Waals surface area (Å²) in [5.74, 6) is -0.494. The molecule has 0 radical (unpaired) electrons. The van der Waals surface area contributed by atoms with Crippen molar-refractivity contribution >= 4 is 40.7 Å². The van der Waals surface area contributed by atoms with Gasteiger partial charge in [-0.25, -0.2) is 0 Å². The van der Waals surface area contributed by atoms with Gasteiger partial charge in [0.2, 0.25) is 0 Å². The number of hydrazine groups is 1. The molecular formula is C34H34N4O4S. The van der Waals surface area contributed by atoms with Gasteiger partial charge in [0.05, 0.1) is 6.61 Å². The average Bonchev–Trinajstić information content (AvgIpc) is 3.00. The molecule has 0 aliphatic rings. The van der Waals surface area contributed by atoms with Gasteiger partial charge in [-0.05, 0) is 89.4 Å². The summed E-state index contributed by atoms with van der Waals surface area (Å²) in [5, 5.41) is 5.28. The first-order valence-electron chi connectivity index (χ1n) is 13.8. The van der Waals surface area contributed by atoms with Gasteiger partial charge >= 0.3 is 0 Å². The minimum atomic E-state index is -0.468. The van der Waals surface area contributed by atoms with Crippen LogP contribution in [0, 0.1) is 0 Å². The predicted molar refractivity (Wildman–Crippen MR) is 172 cm³/mol. The third kappa shape index (κ3) is 9.24. The molecule has 0 saturated heterocycles. The molecule has 9 heteroatoms. The van der Waals surface area contributed by atoms with E-state index in [4.69, 9.17) is 17.0 Å². The molecule has 4 N–H and O–H groups in total. The smallest absolute Gasteiger partial charge is 0.269 e. The second kappa shape index (κ2) is 14.2. The molecule has 0 atom stereocenters. The van der Waals surface area contributed by atoms with E-state index in [1.165, 1.54) is 5.56 Å². The molecule has 0 heterocycles. The van der Waals surface area contributed by atoms with E-state index in [0.29, 0.717) is 34.7 Å². The van der Waals surface area contributed by atoms with Crippen molar-refractivity contribution in [1.29, 1.82) is 0 Å². The van der Waals surface area contributed by atoms with E-state index in [-0.39, 0.29) is 16.4 Å². The molecule has 0 aliphatic heterocycles. The molecule has 0 aliphatic carbocycles. The highest BCUT2D eigenvalue weighted by Crippen LogP contribution is 2.22. The number of amides is 3. The Hall–Kier alpha value is -5.02. The molecule has 4 aromatic rings. The lowest BCUT2D eigenvalue weighted by Crippen LogP contribution is -2.48. The summed E-state index contributed by atoms with van der Waals surface area (Å²) in [7, 11) is 0. The van der Waals surface area contributed by atoms with Gasteiger partial charge in [0.25, 0.3) is 17.7 Å². The van der Waals surface area contributed by atoms with E-state index in [0.717, 1.165) is 12.0 Å². The van der Waals surface area contributed by atoms with Crippen LogP contribution in [-0.4, -0.2) is 29.4 Å². The third-order valence-corrected chi connectivity index (χ3v) is 6.76. The summed E-state index contributed by atoms with van der Waals surface area (Å²) >= 11 is 5.14. The van der Waals surface area contributed by atoms with E-state index >= 15 is 0 Å². The highest BCUT2D eigenvalue weighted by Gasteiger charge is 2.15. The van der Waals surface area contributed by atoms with Gasteiger partial charge in [-0.2, -0.15) is 0 Å². The molecule has 0 unspecified atom stereocenters. The summed E-state index contributed by atoms with van der Waals surface area (Å²) < 4.78 is 5.76. The molecule has 3 amide bonds. The summed E-state index contributed by atoms with van der Waals surface area (Å²) in [4.78, 5) is 37.7. The number of hydrogen-bond acceptors (Lipinski definition) is 5. The fourth-order valence-corrected chi connectivity index (χ4v) is 4.20. The van der Waals surface area contributed by atoms with Gasteiger partial charge in [-0.15, -0.1) is 0 Å². The van der Waals surface area contributed by atoms with Gasteiger partial charge in [-0.1, -0.05) is 63.2 Å². The zero-order chi connectivity index (χ0) is 30.8. The van der Waals surface area contributed by atoms with Crippen LogP contribution in [0.5, 0.6) is 5.75 Å². The number of ether oxygens (including phenoxy) is 1. The van der Waals surface area contributed by atoms with Gasteiger partial charge < -0.3 is 10.1 Å². The lowest BCUT2D eigenvalue weighted by Gasteiger charge is -2.19. The Labute approximate surface area is 256 Å². The second-order valence-corrected chi connectivity index (χ2v) is 11.2. The quantitative estimate of drug-likeness (QED) is 0.152. The van der Waals surface area contributed by atoms with Crippen molar-refractivity contribution in [1.82, 2.24) is 16.2 Å². The van der Waals surface area contributed by atoms with E-state index in [2.05, 4.69) is 42.3 Å². The van der Waals surface area contributed by atoms with Crippen molar-refractivity contribution in [3.05, 3.63) is 131 Å². The maximum absolute atomic E-state index is 12.6. The minimum Gasteiger partial charge on any atom is -0.493 e. The van der Waals surface area contributed by atoms with Crippen molar-refractivity contribution in [3.63, 3.8) is 0 Å². The summed E-state index contributed by atoms with van der Waals surface area (Å²) in [5.41, 5.74) is 9.10. The number of hydrogen-bond donors (Lipinski definition) is 4. The number of rotatable bonds is 8. The van der Waals surface area contributed by atoms with Crippen LogP contribution in [0.4, 0.5) is 5.69 Å². The van der Waals surface area contributed by atoms with E-state index in [1.807, 2.05) is 42.5 Å². The third-order valence-electron chi connectivity index (χ3n) is 6.55. The highest BCUT2D eigenvalue weighted by atomic mass is 32.1. The zero-order valence-electron chi connectivity index (χ0n) is 24.3. The Morgan fingerprint density at radius 1 is 0.674 bits per heavy atom. The molecule has 8 nitrogen and oxygen atoms in total. The largest absolute Gasteiger partial charge is 0.493 e. The summed E-state index contributed by atoms with van der Waals surface area (Å²) in [6, 6.07) is 30.6. The van der Waals surface area contributed by atoms with E-state index in [9.17, 15) is 14.4 Å². The molecular weight excluding hydrogens is 560 g/mol. The van der Waals surface area contributed by atoms with Gasteiger partial charge in [0.15, 0.2) is 5.11 Å². The van der Waals surface area contributed by atoms with Gasteiger partial charge in [-0.3, -0.25) is 30.6 Å². The van der Waals surface area contributed by atoms with Crippen LogP contribution in [0.15, 0.2) is 103 Å². The maximum atomic E-state index is 12.6. The first kappa shape index (κ1) is 30.9. The summed E-state index contributed by atoms with van der Waals surface area (Å²) in [6.07, 6.45) is 0.780. The number of carbonyl (C=O) groups excluding carboxylic acids is 3. The SMILES string of the molecule is CC(C)(C)c1ccc(C(=O)Nc2ccc(C(=O)NNC(=S)NC(=O)c3ccc(OCCc4ccccc4)cc3)cc2)cc1. The van der Waals surface area contributed by atoms with Crippen LogP contribution in [0.2, 0.25) is 0 Å². The number of nitrogens with one attached hydrogen (secondary N) is 4. The fraction of sp³-hybridized carbons (Fsp3) is 0.176. The highest BCUT2D eigenvalue weighted by molar-refractivity contribution is 7.80. The minimum absolute atomic E-state index is 0.000701. The van der Waals surface area contributed by atoms with Crippen LogP contribution in [-0.2, 0) is 11.8 Å². The fourth-order valence-electron chi connectivity index (χ4n) is 4.06. The molecule has 0 fully saturated rings. The monoisotopic (exact) mass is 594 g/mol. The topological polar surface area (TPSA) is 109 Å². The number of carbonyl (C=O) groups is 3. The normalized spacial score (nSPS) is 10.8. The molecule has 0 saturated carbocycles. The van der Waals surface area contributed by atoms with E-state index < -0.39 is 11.8 Å². The Kier molecular flexibility index (Phi) is 10.2. The Morgan fingerprint density at radius 2 is 1.23 bits per heavy atom. The molecule has 4 aromatic carbocycles. The van der Waals surface area contributed by atoms with E-state index in [1.54, 1.807) is 60.7 Å². The second-order valence-electron chi connectivity index (χ2n) is 10.8. The first-order valence-corrected chi connectivity index (χ1v) is 14.2. The van der Waals surface area contributed by atoms with Crippen LogP contribution < -0.4 is 26.2 Å². The number of benzene rings is 4. The van der Waals surface area contributed by atoms with Crippen molar-refractivity contribution in [2.75, 3.05) is 11.9 Å². The van der Waals surface area contributed by atoms with Crippen LogP contribution in [0.3, 0.4) is 0 Å². The first-order chi connectivity index (χ1) is 20.6. The van der Waals surface area contributed by atoms with Crippen LogP contribution in [0.25, 0.3) is 0 Å². The molecule has 0 aromatic heterocycles. The molecule has 4 rings (SSSR count). The number of anilines is 1. The lowest BCUT2D eigenvalue weighted by molar-refractivity contribution is 0.0934. The predicted octanol–water partition coefficient (Wildman–Crippen LogP) is 5.81. The Bertz CT molecular complexity index is 1560. The molecule has 43 heavy (non-hydrogen) atoms. The zero-order valence-corrected chi connectivity index (χ0v) is 25.1. The van der Waals surface area contributed by atoms with Gasteiger partial charge in [0, 0.05) is 28.8 Å². The standard InChI is InChI=1S/C34H34N4O4S/c1-34(2,3)27-15-9-24(10-16-27)30(39)35-28-17-11-26(12-18-28)32(41)37-38-33(43)36-31(40)25-13-19-29(20-14-25)42-22-21-23-7-5-4-6-8-23/h4-20H,21-22H2,1-3H3,(H,35,39)(H,37,41)(H2,36,38,40,43). The Balaban J connectivity index is 1.19. The summed E-state index contributed by atoms with van der Waals surface area (Å²) in [6.45, 7) is 6.86. The van der Waals surface area contributed by atoms with Crippen LogP contribution in [0.1, 0.15) is 63.0 Å². The number of thiocarbonyl (C=S) groups is 1. The molecule has 220 valence electrons. The molecule has 0 bridgehead atoms. The van der Waals surface area contributed by atoms with Crippen molar-refractivity contribution in [2.24, 2.45) is 0 Å².